The Balaban J connectivity index is 2.02. The first-order valence-electron chi connectivity index (χ1n) is 8.06. The van der Waals surface area contributed by atoms with Gasteiger partial charge in [0.05, 0.1) is 6.42 Å². The summed E-state index contributed by atoms with van der Waals surface area (Å²) in [6.07, 6.45) is 2.31. The van der Waals surface area contributed by atoms with Crippen molar-refractivity contribution in [1.29, 1.82) is 0 Å². The number of carboxylic acid groups (broad SMARTS) is 1. The second kappa shape index (κ2) is 8.79. The van der Waals surface area contributed by atoms with Crippen LogP contribution in [0.4, 0.5) is 0 Å². The van der Waals surface area contributed by atoms with Crippen LogP contribution in [0.15, 0.2) is 16.8 Å². The monoisotopic (exact) mass is 353 g/mol. The van der Waals surface area contributed by atoms with E-state index in [4.69, 9.17) is 5.73 Å². The molecule has 24 heavy (non-hydrogen) atoms. The lowest BCUT2D eigenvalue weighted by Crippen LogP contribution is -2.52. The van der Waals surface area contributed by atoms with E-state index in [0.29, 0.717) is 38.8 Å². The lowest BCUT2D eigenvalue weighted by Gasteiger charge is -2.27. The molecule has 1 saturated heterocycles. The van der Waals surface area contributed by atoms with E-state index in [2.05, 4.69) is 5.32 Å². The van der Waals surface area contributed by atoms with Crippen molar-refractivity contribution in [2.45, 2.75) is 44.2 Å². The maximum absolute atomic E-state index is 12.7. The van der Waals surface area contributed by atoms with Gasteiger partial charge in [-0.25, -0.2) is 4.79 Å². The number of likely N-dealkylation sites (tertiary alicyclic amines) is 1. The first kappa shape index (κ1) is 18.4. The van der Waals surface area contributed by atoms with Gasteiger partial charge in [0.25, 0.3) is 0 Å². The summed E-state index contributed by atoms with van der Waals surface area (Å²) in [4.78, 5) is 37.6. The summed E-state index contributed by atoms with van der Waals surface area (Å²) in [7, 11) is 0. The van der Waals surface area contributed by atoms with E-state index >= 15 is 0 Å². The Kier molecular flexibility index (Phi) is 6.74. The van der Waals surface area contributed by atoms with Crippen molar-refractivity contribution in [2.75, 3.05) is 13.1 Å². The SMILES string of the molecule is NCCC[C@H](NC(=O)Cc1ccsc1)C(=O)N1CCC[C@H]1C(=O)O. The average molecular weight is 353 g/mol. The topological polar surface area (TPSA) is 113 Å². The summed E-state index contributed by atoms with van der Waals surface area (Å²) in [5.41, 5.74) is 6.41. The predicted molar refractivity (Wildman–Crippen MR) is 90.6 cm³/mol. The Morgan fingerprint density at radius 1 is 1.46 bits per heavy atom. The van der Waals surface area contributed by atoms with E-state index in [-0.39, 0.29) is 18.2 Å². The highest BCUT2D eigenvalue weighted by molar-refractivity contribution is 7.08. The van der Waals surface area contributed by atoms with Gasteiger partial charge < -0.3 is 21.1 Å². The van der Waals surface area contributed by atoms with Crippen LogP contribution < -0.4 is 11.1 Å². The molecule has 0 unspecified atom stereocenters. The number of carbonyl (C=O) groups excluding carboxylic acids is 2. The van der Waals surface area contributed by atoms with Crippen molar-refractivity contribution in [2.24, 2.45) is 5.73 Å². The van der Waals surface area contributed by atoms with Gasteiger partial charge in [-0.05, 0) is 54.6 Å². The number of hydrogen-bond acceptors (Lipinski definition) is 5. The maximum atomic E-state index is 12.7. The molecule has 0 radical (unpaired) electrons. The number of carbonyl (C=O) groups is 3. The summed E-state index contributed by atoms with van der Waals surface area (Å²) in [5.74, 6) is -1.56. The Hall–Kier alpha value is -1.93. The minimum atomic E-state index is -0.997. The van der Waals surface area contributed by atoms with Crippen molar-refractivity contribution in [1.82, 2.24) is 10.2 Å². The number of hydrogen-bond donors (Lipinski definition) is 3. The molecule has 2 heterocycles. The zero-order chi connectivity index (χ0) is 17.5. The number of amides is 2. The molecule has 2 atom stereocenters. The molecule has 2 rings (SSSR count). The van der Waals surface area contributed by atoms with Gasteiger partial charge in [0, 0.05) is 6.54 Å². The van der Waals surface area contributed by atoms with Gasteiger partial charge in [0.2, 0.25) is 11.8 Å². The molecule has 132 valence electrons. The van der Waals surface area contributed by atoms with Crippen LogP contribution >= 0.6 is 11.3 Å². The molecule has 1 fully saturated rings. The number of aliphatic carboxylic acids is 1. The van der Waals surface area contributed by atoms with E-state index in [9.17, 15) is 19.5 Å². The predicted octanol–water partition coefficient (Wildman–Crippen LogP) is 0.590. The van der Waals surface area contributed by atoms with Crippen molar-refractivity contribution in [3.63, 3.8) is 0 Å². The summed E-state index contributed by atoms with van der Waals surface area (Å²) >= 11 is 1.51. The summed E-state index contributed by atoms with van der Waals surface area (Å²) in [6, 6.07) is 0.341. The van der Waals surface area contributed by atoms with Gasteiger partial charge in [-0.2, -0.15) is 11.3 Å². The van der Waals surface area contributed by atoms with Gasteiger partial charge >= 0.3 is 5.97 Å². The number of nitrogens with two attached hydrogens (primary N) is 1. The first-order valence-corrected chi connectivity index (χ1v) is 9.01. The van der Waals surface area contributed by atoms with Crippen molar-refractivity contribution >= 4 is 29.1 Å². The minimum absolute atomic E-state index is 0.207. The van der Waals surface area contributed by atoms with E-state index in [1.165, 1.54) is 16.2 Å². The van der Waals surface area contributed by atoms with Gasteiger partial charge in [0.1, 0.15) is 12.1 Å². The molecule has 0 saturated carbocycles. The highest BCUT2D eigenvalue weighted by atomic mass is 32.1. The molecule has 7 nitrogen and oxygen atoms in total. The lowest BCUT2D eigenvalue weighted by atomic mass is 10.1. The average Bonchev–Trinajstić information content (AvgIpc) is 3.21. The maximum Gasteiger partial charge on any atom is 0.326 e. The fraction of sp³-hybridized carbons (Fsp3) is 0.562. The van der Waals surface area contributed by atoms with Crippen molar-refractivity contribution in [3.8, 4) is 0 Å². The number of nitrogens with one attached hydrogen (secondary N) is 1. The van der Waals surface area contributed by atoms with Gasteiger partial charge in [-0.15, -0.1) is 0 Å². The number of nitrogens with zero attached hydrogens (tertiary/aromatic N) is 1. The Morgan fingerprint density at radius 2 is 2.25 bits per heavy atom. The Morgan fingerprint density at radius 3 is 2.88 bits per heavy atom. The highest BCUT2D eigenvalue weighted by Gasteiger charge is 2.37. The van der Waals surface area contributed by atoms with Gasteiger partial charge in [0.15, 0.2) is 0 Å². The van der Waals surface area contributed by atoms with E-state index in [0.717, 1.165) is 5.56 Å². The van der Waals surface area contributed by atoms with Crippen LogP contribution in [0.1, 0.15) is 31.2 Å². The molecular weight excluding hydrogens is 330 g/mol. The quantitative estimate of drug-likeness (QED) is 0.633. The molecule has 1 aliphatic rings. The highest BCUT2D eigenvalue weighted by Crippen LogP contribution is 2.19. The molecule has 8 heteroatoms. The Labute approximate surface area is 144 Å². The van der Waals surface area contributed by atoms with Crippen molar-refractivity contribution in [3.05, 3.63) is 22.4 Å². The van der Waals surface area contributed by atoms with Gasteiger partial charge in [-0.3, -0.25) is 9.59 Å². The van der Waals surface area contributed by atoms with Crippen LogP contribution in [0.3, 0.4) is 0 Å². The third kappa shape index (κ3) is 4.78. The normalized spacial score (nSPS) is 18.4. The fourth-order valence-corrected chi connectivity index (χ4v) is 3.56. The minimum Gasteiger partial charge on any atom is -0.480 e. The Bertz CT molecular complexity index is 576. The second-order valence-corrected chi connectivity index (χ2v) is 6.67. The molecule has 0 aliphatic carbocycles. The molecule has 0 bridgehead atoms. The molecule has 0 spiro atoms. The van der Waals surface area contributed by atoms with Gasteiger partial charge in [-0.1, -0.05) is 0 Å². The lowest BCUT2D eigenvalue weighted by molar-refractivity contribution is -0.149. The van der Waals surface area contributed by atoms with E-state index in [1.807, 2.05) is 16.8 Å². The van der Waals surface area contributed by atoms with Crippen LogP contribution in [0.2, 0.25) is 0 Å². The third-order valence-electron chi connectivity index (χ3n) is 4.10. The van der Waals surface area contributed by atoms with Crippen LogP contribution in [0.5, 0.6) is 0 Å². The number of rotatable bonds is 8. The molecule has 1 aromatic heterocycles. The molecule has 0 aromatic carbocycles. The standard InChI is InChI=1S/C16H23N3O4S/c17-6-1-3-12(18-14(20)9-11-5-8-24-10-11)15(21)19-7-2-4-13(19)16(22)23/h5,8,10,12-13H,1-4,6-7,9,17H2,(H,18,20)(H,22,23)/t12-,13-/m0/s1. The largest absolute Gasteiger partial charge is 0.480 e. The summed E-state index contributed by atoms with van der Waals surface area (Å²) < 4.78 is 0. The summed E-state index contributed by atoms with van der Waals surface area (Å²) in [5, 5.41) is 15.8. The smallest absolute Gasteiger partial charge is 0.326 e. The molecule has 4 N–H and O–H groups in total. The van der Waals surface area contributed by atoms with Crippen molar-refractivity contribution < 1.29 is 19.5 Å². The summed E-state index contributed by atoms with van der Waals surface area (Å²) in [6.45, 7) is 0.821. The van der Waals surface area contributed by atoms with Crippen LogP contribution in [0, 0.1) is 0 Å². The molecule has 2 amide bonds. The molecular formula is C16H23N3O4S. The zero-order valence-electron chi connectivity index (χ0n) is 13.4. The van der Waals surface area contributed by atoms with E-state index < -0.39 is 18.1 Å². The van der Waals surface area contributed by atoms with E-state index in [1.54, 1.807) is 0 Å². The number of carboxylic acids is 1. The first-order chi connectivity index (χ1) is 11.5. The van der Waals surface area contributed by atoms with Crippen LogP contribution in [0.25, 0.3) is 0 Å². The molecule has 1 aliphatic heterocycles. The van der Waals surface area contributed by atoms with Crippen LogP contribution in [-0.2, 0) is 20.8 Å². The number of thiophene rings is 1. The third-order valence-corrected chi connectivity index (χ3v) is 4.83. The molecule has 1 aromatic rings. The fourth-order valence-electron chi connectivity index (χ4n) is 2.89. The zero-order valence-corrected chi connectivity index (χ0v) is 14.3. The van der Waals surface area contributed by atoms with Crippen LogP contribution in [-0.4, -0.2) is 53.0 Å². The second-order valence-electron chi connectivity index (χ2n) is 5.89.